The van der Waals surface area contributed by atoms with Crippen molar-refractivity contribution < 1.29 is 19.2 Å². The highest BCUT2D eigenvalue weighted by Gasteiger charge is 2.24. The lowest BCUT2D eigenvalue weighted by Crippen LogP contribution is -2.36. The van der Waals surface area contributed by atoms with Crippen LogP contribution in [0.1, 0.15) is 49.4 Å². The van der Waals surface area contributed by atoms with E-state index in [2.05, 4.69) is 10.6 Å². The maximum Gasteiger partial charge on any atom is 0.270 e. The van der Waals surface area contributed by atoms with Crippen molar-refractivity contribution in [3.8, 4) is 0 Å². The second-order valence-electron chi connectivity index (χ2n) is 6.64. The monoisotopic (exact) mass is 363 g/mol. The van der Waals surface area contributed by atoms with E-state index in [1.54, 1.807) is 6.92 Å². The van der Waals surface area contributed by atoms with Crippen molar-refractivity contribution >= 4 is 23.2 Å². The maximum absolute atomic E-state index is 12.5. The Labute approximate surface area is 152 Å². The van der Waals surface area contributed by atoms with Crippen LogP contribution in [0.25, 0.3) is 0 Å². The number of hydrogen-bond donors (Lipinski definition) is 2. The fourth-order valence-corrected chi connectivity index (χ4v) is 3.14. The van der Waals surface area contributed by atoms with Gasteiger partial charge in [-0.3, -0.25) is 19.7 Å². The topological polar surface area (TPSA) is 111 Å². The standard InChI is InChI=1S/C18H25N3O5/c1-12(11-26-2)19-18(23)15-10-14(21(24)25)8-9-16(15)20-17(22)13-6-4-3-5-7-13/h8-10,12-13H,3-7,11H2,1-2H3,(H,19,23)(H,20,22). The third-order valence-electron chi connectivity index (χ3n) is 4.49. The minimum atomic E-state index is -0.567. The lowest BCUT2D eigenvalue weighted by Gasteiger charge is -2.21. The molecule has 1 atom stereocenters. The van der Waals surface area contributed by atoms with E-state index in [0.717, 1.165) is 32.1 Å². The van der Waals surface area contributed by atoms with Gasteiger partial charge in [0.1, 0.15) is 0 Å². The van der Waals surface area contributed by atoms with Crippen molar-refractivity contribution in [3.05, 3.63) is 33.9 Å². The number of nitro benzene ring substituents is 1. The Morgan fingerprint density at radius 2 is 2.00 bits per heavy atom. The van der Waals surface area contributed by atoms with Crippen LogP contribution in [0.2, 0.25) is 0 Å². The fraction of sp³-hybridized carbons (Fsp3) is 0.556. The zero-order valence-electron chi connectivity index (χ0n) is 15.1. The summed E-state index contributed by atoms with van der Waals surface area (Å²) in [5, 5.41) is 16.5. The Morgan fingerprint density at radius 3 is 2.62 bits per heavy atom. The third kappa shape index (κ3) is 5.26. The number of hydrogen-bond acceptors (Lipinski definition) is 5. The Morgan fingerprint density at radius 1 is 1.31 bits per heavy atom. The summed E-state index contributed by atoms with van der Waals surface area (Å²) >= 11 is 0. The zero-order valence-corrected chi connectivity index (χ0v) is 15.1. The number of non-ortho nitro benzene ring substituents is 1. The Balaban J connectivity index is 2.22. The number of methoxy groups -OCH3 is 1. The van der Waals surface area contributed by atoms with Crippen LogP contribution in [0.4, 0.5) is 11.4 Å². The number of benzene rings is 1. The van der Waals surface area contributed by atoms with Crippen LogP contribution in [0.5, 0.6) is 0 Å². The summed E-state index contributed by atoms with van der Waals surface area (Å²) in [5.41, 5.74) is 0.157. The average molecular weight is 363 g/mol. The van der Waals surface area contributed by atoms with Gasteiger partial charge in [-0.05, 0) is 25.8 Å². The van der Waals surface area contributed by atoms with Gasteiger partial charge in [0.2, 0.25) is 5.91 Å². The van der Waals surface area contributed by atoms with Gasteiger partial charge in [-0.25, -0.2) is 0 Å². The molecule has 0 aromatic heterocycles. The van der Waals surface area contributed by atoms with E-state index in [9.17, 15) is 19.7 Å². The first-order valence-corrected chi connectivity index (χ1v) is 8.81. The van der Waals surface area contributed by atoms with E-state index < -0.39 is 10.8 Å². The van der Waals surface area contributed by atoms with Gasteiger partial charge >= 0.3 is 0 Å². The maximum atomic E-state index is 12.5. The molecule has 0 saturated heterocycles. The van der Waals surface area contributed by atoms with Crippen molar-refractivity contribution in [1.29, 1.82) is 0 Å². The minimum Gasteiger partial charge on any atom is -0.383 e. The van der Waals surface area contributed by atoms with Crippen LogP contribution in [-0.4, -0.2) is 36.5 Å². The molecule has 0 radical (unpaired) electrons. The van der Waals surface area contributed by atoms with E-state index in [4.69, 9.17) is 4.74 Å². The molecule has 8 nitrogen and oxygen atoms in total. The predicted molar refractivity (Wildman–Crippen MR) is 97.1 cm³/mol. The van der Waals surface area contributed by atoms with Gasteiger partial charge in [-0.2, -0.15) is 0 Å². The SMILES string of the molecule is COCC(C)NC(=O)c1cc([N+](=O)[O-])ccc1NC(=O)C1CCCCC1. The number of nitrogens with one attached hydrogen (secondary N) is 2. The van der Waals surface area contributed by atoms with Gasteiger partial charge in [-0.1, -0.05) is 19.3 Å². The number of nitrogens with zero attached hydrogens (tertiary/aromatic N) is 1. The quantitative estimate of drug-likeness (QED) is 0.572. The van der Waals surface area contributed by atoms with Crippen LogP contribution < -0.4 is 10.6 Å². The highest BCUT2D eigenvalue weighted by Crippen LogP contribution is 2.27. The number of amides is 2. The largest absolute Gasteiger partial charge is 0.383 e. The molecule has 2 rings (SSSR count). The molecule has 1 unspecified atom stereocenters. The average Bonchev–Trinajstić information content (AvgIpc) is 2.62. The Bertz CT molecular complexity index is 671. The van der Waals surface area contributed by atoms with E-state index in [0.29, 0.717) is 6.61 Å². The minimum absolute atomic E-state index is 0.0753. The van der Waals surface area contributed by atoms with Crippen LogP contribution in [0, 0.1) is 16.0 Å². The van der Waals surface area contributed by atoms with Crippen LogP contribution >= 0.6 is 0 Å². The number of nitro groups is 1. The number of rotatable bonds is 7. The van der Waals surface area contributed by atoms with Gasteiger partial charge in [0.05, 0.1) is 22.8 Å². The molecule has 0 heterocycles. The molecule has 2 amide bonds. The first-order valence-electron chi connectivity index (χ1n) is 8.81. The smallest absolute Gasteiger partial charge is 0.270 e. The molecular weight excluding hydrogens is 338 g/mol. The molecule has 1 saturated carbocycles. The van der Waals surface area contributed by atoms with E-state index in [1.165, 1.54) is 25.3 Å². The second kappa shape index (κ2) is 9.28. The second-order valence-corrected chi connectivity index (χ2v) is 6.64. The lowest BCUT2D eigenvalue weighted by atomic mass is 9.88. The number of anilines is 1. The summed E-state index contributed by atoms with van der Waals surface area (Å²) < 4.78 is 4.98. The summed E-state index contributed by atoms with van der Waals surface area (Å²) in [6.07, 6.45) is 4.81. The van der Waals surface area contributed by atoms with E-state index in [1.807, 2.05) is 0 Å². The normalized spacial score (nSPS) is 15.9. The molecule has 1 fully saturated rings. The van der Waals surface area contributed by atoms with Crippen molar-refractivity contribution in [2.75, 3.05) is 19.0 Å². The molecule has 1 aliphatic rings. The molecule has 0 aliphatic heterocycles. The first-order chi connectivity index (χ1) is 12.4. The summed E-state index contributed by atoms with van der Waals surface area (Å²) in [7, 11) is 1.52. The Hall–Kier alpha value is -2.48. The van der Waals surface area contributed by atoms with Crippen molar-refractivity contribution in [2.45, 2.75) is 45.1 Å². The number of carbonyl (C=O) groups excluding carboxylic acids is 2. The fourth-order valence-electron chi connectivity index (χ4n) is 3.14. The summed E-state index contributed by atoms with van der Waals surface area (Å²) in [6.45, 7) is 2.07. The van der Waals surface area contributed by atoms with Crippen molar-refractivity contribution in [1.82, 2.24) is 5.32 Å². The lowest BCUT2D eigenvalue weighted by molar-refractivity contribution is -0.384. The molecule has 8 heteroatoms. The zero-order chi connectivity index (χ0) is 19.1. The molecule has 1 aromatic rings. The Kier molecular flexibility index (Phi) is 7.08. The molecule has 0 spiro atoms. The molecule has 1 aromatic carbocycles. The van der Waals surface area contributed by atoms with Crippen LogP contribution in [0.15, 0.2) is 18.2 Å². The number of ether oxygens (including phenoxy) is 1. The van der Waals surface area contributed by atoms with Gasteiger partial charge < -0.3 is 15.4 Å². The van der Waals surface area contributed by atoms with Crippen molar-refractivity contribution in [2.24, 2.45) is 5.92 Å². The molecule has 142 valence electrons. The molecular formula is C18H25N3O5. The van der Waals surface area contributed by atoms with Gasteiger partial charge in [0.15, 0.2) is 0 Å². The third-order valence-corrected chi connectivity index (χ3v) is 4.49. The molecule has 26 heavy (non-hydrogen) atoms. The van der Waals surface area contributed by atoms with Crippen LogP contribution in [-0.2, 0) is 9.53 Å². The summed E-state index contributed by atoms with van der Waals surface area (Å²) in [4.78, 5) is 35.5. The molecule has 2 N–H and O–H groups in total. The highest BCUT2D eigenvalue weighted by molar-refractivity contribution is 6.04. The van der Waals surface area contributed by atoms with Crippen molar-refractivity contribution in [3.63, 3.8) is 0 Å². The van der Waals surface area contributed by atoms with Crippen LogP contribution in [0.3, 0.4) is 0 Å². The first kappa shape index (κ1) is 19.8. The summed E-state index contributed by atoms with van der Waals surface area (Å²) in [5.74, 6) is -0.711. The van der Waals surface area contributed by atoms with E-state index >= 15 is 0 Å². The predicted octanol–water partition coefficient (Wildman–Crippen LogP) is 2.88. The summed E-state index contributed by atoms with van der Waals surface area (Å²) in [6, 6.07) is 3.61. The van der Waals surface area contributed by atoms with E-state index in [-0.39, 0.29) is 34.8 Å². The van der Waals surface area contributed by atoms with Gasteiger partial charge in [0, 0.05) is 31.2 Å². The highest BCUT2D eigenvalue weighted by atomic mass is 16.6. The molecule has 0 bridgehead atoms. The number of carbonyl (C=O) groups is 2. The molecule has 1 aliphatic carbocycles. The van der Waals surface area contributed by atoms with Gasteiger partial charge in [-0.15, -0.1) is 0 Å². The van der Waals surface area contributed by atoms with Gasteiger partial charge in [0.25, 0.3) is 11.6 Å².